The van der Waals surface area contributed by atoms with Crippen LogP contribution >= 0.6 is 0 Å². The maximum atomic E-state index is 13.2. The molecule has 1 saturated heterocycles. The van der Waals surface area contributed by atoms with Gasteiger partial charge in [-0.1, -0.05) is 48.5 Å². The lowest BCUT2D eigenvalue weighted by Gasteiger charge is -2.32. The summed E-state index contributed by atoms with van der Waals surface area (Å²) in [6, 6.07) is 22.9. The van der Waals surface area contributed by atoms with Crippen molar-refractivity contribution >= 4 is 22.6 Å². The molecule has 150 valence electrons. The predicted octanol–water partition coefficient (Wildman–Crippen LogP) is 3.88. The van der Waals surface area contributed by atoms with Gasteiger partial charge in [0.2, 0.25) is 5.91 Å². The van der Waals surface area contributed by atoms with E-state index in [4.69, 9.17) is 5.26 Å². The molecule has 1 unspecified atom stereocenters. The molecule has 3 aromatic rings. The number of piperidine rings is 1. The zero-order valence-corrected chi connectivity index (χ0v) is 16.7. The Hall–Kier alpha value is -3.65. The summed E-state index contributed by atoms with van der Waals surface area (Å²) in [7, 11) is 0. The van der Waals surface area contributed by atoms with Crippen molar-refractivity contribution in [2.45, 2.75) is 19.4 Å². The molecule has 1 N–H and O–H groups in total. The van der Waals surface area contributed by atoms with Crippen molar-refractivity contribution in [2.75, 3.05) is 13.1 Å². The van der Waals surface area contributed by atoms with E-state index >= 15 is 0 Å². The molecule has 2 amide bonds. The molecular formula is C25H23N3O2. The molecule has 4 rings (SSSR count). The molecule has 0 aliphatic carbocycles. The molecule has 0 bridgehead atoms. The fraction of sp³-hybridized carbons (Fsp3) is 0.240. The minimum Gasteiger partial charge on any atom is -0.352 e. The maximum absolute atomic E-state index is 13.2. The van der Waals surface area contributed by atoms with Crippen LogP contribution in [0.25, 0.3) is 10.8 Å². The van der Waals surface area contributed by atoms with Gasteiger partial charge in [0, 0.05) is 25.2 Å². The minimum absolute atomic E-state index is 0.0222. The van der Waals surface area contributed by atoms with E-state index in [1.807, 2.05) is 54.6 Å². The van der Waals surface area contributed by atoms with Crippen LogP contribution in [-0.2, 0) is 11.3 Å². The summed E-state index contributed by atoms with van der Waals surface area (Å²) < 4.78 is 0. The topological polar surface area (TPSA) is 73.2 Å². The predicted molar refractivity (Wildman–Crippen MR) is 116 cm³/mol. The number of carbonyl (C=O) groups is 2. The van der Waals surface area contributed by atoms with E-state index in [0.717, 1.165) is 29.2 Å². The molecule has 0 saturated carbocycles. The summed E-state index contributed by atoms with van der Waals surface area (Å²) in [6.45, 7) is 1.46. The van der Waals surface area contributed by atoms with E-state index in [2.05, 4.69) is 11.4 Å². The first kappa shape index (κ1) is 19.7. The second kappa shape index (κ2) is 8.79. The number of hydrogen-bond acceptors (Lipinski definition) is 3. The molecule has 1 heterocycles. The molecule has 5 heteroatoms. The second-order valence-electron chi connectivity index (χ2n) is 7.65. The van der Waals surface area contributed by atoms with E-state index in [-0.39, 0.29) is 17.7 Å². The first-order chi connectivity index (χ1) is 14.7. The summed E-state index contributed by atoms with van der Waals surface area (Å²) >= 11 is 0. The maximum Gasteiger partial charge on any atom is 0.254 e. The average Bonchev–Trinajstić information content (AvgIpc) is 2.82. The highest BCUT2D eigenvalue weighted by Crippen LogP contribution is 2.23. The number of benzene rings is 3. The minimum atomic E-state index is -0.225. The Morgan fingerprint density at radius 3 is 2.73 bits per heavy atom. The third-order valence-electron chi connectivity index (χ3n) is 5.62. The van der Waals surface area contributed by atoms with Gasteiger partial charge in [-0.25, -0.2) is 0 Å². The quantitative estimate of drug-likeness (QED) is 0.726. The molecule has 1 atom stereocenters. The molecule has 0 spiro atoms. The molecule has 0 radical (unpaired) electrons. The number of nitrogens with zero attached hydrogens (tertiary/aromatic N) is 2. The van der Waals surface area contributed by atoms with Crippen molar-refractivity contribution in [3.05, 3.63) is 83.4 Å². The van der Waals surface area contributed by atoms with Gasteiger partial charge in [-0.15, -0.1) is 0 Å². The van der Waals surface area contributed by atoms with Gasteiger partial charge in [-0.3, -0.25) is 9.59 Å². The molecule has 0 aromatic heterocycles. The summed E-state index contributed by atoms with van der Waals surface area (Å²) in [6.07, 6.45) is 1.57. The smallest absolute Gasteiger partial charge is 0.254 e. The number of amides is 2. The zero-order chi connectivity index (χ0) is 20.9. The Balaban J connectivity index is 1.43. The number of carbonyl (C=O) groups excluding carboxylic acids is 2. The van der Waals surface area contributed by atoms with Gasteiger partial charge in [0.1, 0.15) is 0 Å². The van der Waals surface area contributed by atoms with E-state index in [1.165, 1.54) is 0 Å². The number of fused-ring (bicyclic) bond motifs is 1. The average molecular weight is 397 g/mol. The first-order valence-corrected chi connectivity index (χ1v) is 10.2. The molecule has 5 nitrogen and oxygen atoms in total. The van der Waals surface area contributed by atoms with Gasteiger partial charge in [-0.2, -0.15) is 5.26 Å². The number of nitriles is 1. The van der Waals surface area contributed by atoms with Gasteiger partial charge >= 0.3 is 0 Å². The molecular weight excluding hydrogens is 374 g/mol. The highest BCUT2D eigenvalue weighted by Gasteiger charge is 2.29. The standard InChI is InChI=1S/C25H23N3O2/c26-15-18-6-3-7-19(14-18)16-27-24(29)21-10-5-13-28(17-21)25(30)23-12-4-9-20-8-1-2-11-22(20)23/h1-4,6-9,11-12,14,21H,5,10,13,16-17H2,(H,27,29). The van der Waals surface area contributed by atoms with Crippen LogP contribution in [-0.4, -0.2) is 29.8 Å². The van der Waals surface area contributed by atoms with Crippen LogP contribution in [0.1, 0.15) is 34.3 Å². The van der Waals surface area contributed by atoms with Crippen LogP contribution in [0, 0.1) is 17.2 Å². The molecule has 30 heavy (non-hydrogen) atoms. The third-order valence-corrected chi connectivity index (χ3v) is 5.62. The van der Waals surface area contributed by atoms with Gasteiger partial charge < -0.3 is 10.2 Å². The SMILES string of the molecule is N#Cc1cccc(CNC(=O)C2CCCN(C(=O)c3cccc4ccccc34)C2)c1. The summed E-state index contributed by atoms with van der Waals surface area (Å²) in [5, 5.41) is 13.9. The lowest BCUT2D eigenvalue weighted by molar-refractivity contribution is -0.126. The third kappa shape index (κ3) is 4.18. The van der Waals surface area contributed by atoms with Crippen molar-refractivity contribution in [2.24, 2.45) is 5.92 Å². The number of hydrogen-bond donors (Lipinski definition) is 1. The van der Waals surface area contributed by atoms with Gasteiger partial charge in [0.05, 0.1) is 17.6 Å². The number of rotatable bonds is 4. The van der Waals surface area contributed by atoms with Crippen molar-refractivity contribution in [3.63, 3.8) is 0 Å². The van der Waals surface area contributed by atoms with Gasteiger partial charge in [0.15, 0.2) is 0 Å². The Morgan fingerprint density at radius 1 is 1.07 bits per heavy atom. The van der Waals surface area contributed by atoms with Crippen molar-refractivity contribution in [1.82, 2.24) is 10.2 Å². The van der Waals surface area contributed by atoms with Crippen LogP contribution in [0.4, 0.5) is 0 Å². The van der Waals surface area contributed by atoms with E-state index in [9.17, 15) is 9.59 Å². The van der Waals surface area contributed by atoms with E-state index < -0.39 is 0 Å². The largest absolute Gasteiger partial charge is 0.352 e. The highest BCUT2D eigenvalue weighted by molar-refractivity contribution is 6.07. The van der Waals surface area contributed by atoms with Gasteiger partial charge in [-0.05, 0) is 47.4 Å². The Bertz CT molecular complexity index is 1130. The van der Waals surface area contributed by atoms with Crippen LogP contribution in [0.5, 0.6) is 0 Å². The second-order valence-corrected chi connectivity index (χ2v) is 7.65. The first-order valence-electron chi connectivity index (χ1n) is 10.2. The molecule has 1 fully saturated rings. The van der Waals surface area contributed by atoms with Crippen LogP contribution in [0.2, 0.25) is 0 Å². The van der Waals surface area contributed by atoms with Crippen LogP contribution in [0.15, 0.2) is 66.7 Å². The highest BCUT2D eigenvalue weighted by atomic mass is 16.2. The lowest BCUT2D eigenvalue weighted by Crippen LogP contribution is -2.45. The lowest BCUT2D eigenvalue weighted by atomic mass is 9.95. The Morgan fingerprint density at radius 2 is 1.87 bits per heavy atom. The van der Waals surface area contributed by atoms with Crippen molar-refractivity contribution in [1.29, 1.82) is 5.26 Å². The van der Waals surface area contributed by atoms with E-state index in [0.29, 0.717) is 30.8 Å². The zero-order valence-electron chi connectivity index (χ0n) is 16.7. The monoisotopic (exact) mass is 397 g/mol. The normalized spacial score (nSPS) is 16.1. The summed E-state index contributed by atoms with van der Waals surface area (Å²) in [4.78, 5) is 27.7. The molecule has 1 aliphatic heterocycles. The molecule has 1 aliphatic rings. The number of likely N-dealkylation sites (tertiary alicyclic amines) is 1. The van der Waals surface area contributed by atoms with Crippen molar-refractivity contribution in [3.8, 4) is 6.07 Å². The van der Waals surface area contributed by atoms with Crippen LogP contribution < -0.4 is 5.32 Å². The van der Waals surface area contributed by atoms with E-state index in [1.54, 1.807) is 17.0 Å². The molecule has 3 aromatic carbocycles. The number of nitrogens with one attached hydrogen (secondary N) is 1. The fourth-order valence-corrected chi connectivity index (χ4v) is 4.04. The van der Waals surface area contributed by atoms with Crippen LogP contribution in [0.3, 0.4) is 0 Å². The Kier molecular flexibility index (Phi) is 5.76. The fourth-order valence-electron chi connectivity index (χ4n) is 4.04. The summed E-state index contributed by atoms with van der Waals surface area (Å²) in [5.41, 5.74) is 2.15. The summed E-state index contributed by atoms with van der Waals surface area (Å²) in [5.74, 6) is -0.296. The van der Waals surface area contributed by atoms with Crippen molar-refractivity contribution < 1.29 is 9.59 Å². The Labute approximate surface area is 175 Å². The van der Waals surface area contributed by atoms with Gasteiger partial charge in [0.25, 0.3) is 5.91 Å².